The van der Waals surface area contributed by atoms with E-state index in [4.69, 9.17) is 5.26 Å². The predicted octanol–water partition coefficient (Wildman–Crippen LogP) is 0.134. The molecule has 0 saturated carbocycles. The molecule has 0 aliphatic rings. The van der Waals surface area contributed by atoms with E-state index in [9.17, 15) is 4.21 Å². The van der Waals surface area contributed by atoms with Crippen molar-refractivity contribution in [3.05, 3.63) is 0 Å². The number of rotatable bonds is 0. The summed E-state index contributed by atoms with van der Waals surface area (Å²) in [5, 5.41) is 6.50. The molecule has 0 rings (SSSR count). The van der Waals surface area contributed by atoms with Crippen molar-refractivity contribution < 1.29 is 4.21 Å². The van der Waals surface area contributed by atoms with E-state index in [1.807, 2.05) is 0 Å². The van der Waals surface area contributed by atoms with Gasteiger partial charge in [-0.1, -0.05) is 0 Å². The van der Waals surface area contributed by atoms with E-state index in [0.717, 1.165) is 0 Å². The average Bonchev–Trinajstić information content (AvgIpc) is 1.41. The summed E-state index contributed by atoms with van der Waals surface area (Å²) in [5.41, 5.74) is 0. The first kappa shape index (κ1) is 9.16. The van der Waals surface area contributed by atoms with Gasteiger partial charge in [0.25, 0.3) is 0 Å². The normalized spacial score (nSPS) is 6.17. The van der Waals surface area contributed by atoms with E-state index in [1.165, 1.54) is 0 Å². The van der Waals surface area contributed by atoms with Gasteiger partial charge in [-0.15, -0.1) is 0 Å². The summed E-state index contributed by atoms with van der Waals surface area (Å²) >= 11 is 0. The lowest BCUT2D eigenvalue weighted by Crippen LogP contribution is -1.70. The van der Waals surface area contributed by atoms with Gasteiger partial charge >= 0.3 is 0 Å². The SMILES string of the molecule is C#N.CS(C)=O. The number of nitriles is 1. The quantitative estimate of drug-likeness (QED) is 0.439. The van der Waals surface area contributed by atoms with Crippen LogP contribution in [-0.2, 0) is 10.8 Å². The fourth-order valence-corrected chi connectivity index (χ4v) is 0. The van der Waals surface area contributed by atoms with Gasteiger partial charge in [0.1, 0.15) is 0 Å². The van der Waals surface area contributed by atoms with E-state index in [-0.39, 0.29) is 0 Å². The standard InChI is InChI=1S/C2H6OS.CHN/c1-4(2)3;1-2/h1-2H3;1H. The van der Waals surface area contributed by atoms with E-state index in [2.05, 4.69) is 6.57 Å². The second-order valence-electron chi connectivity index (χ2n) is 0.742. The minimum atomic E-state index is -0.611. The molecular formula is C3H7NOS. The van der Waals surface area contributed by atoms with Crippen molar-refractivity contribution in [2.45, 2.75) is 0 Å². The van der Waals surface area contributed by atoms with Crippen LogP contribution in [-0.4, -0.2) is 16.7 Å². The number of hydrogen-bond acceptors (Lipinski definition) is 2. The molecule has 0 radical (unpaired) electrons. The first-order valence-corrected chi connectivity index (χ1v) is 3.21. The highest BCUT2D eigenvalue weighted by Crippen LogP contribution is 1.47. The van der Waals surface area contributed by atoms with Crippen LogP contribution in [0.2, 0.25) is 0 Å². The Hall–Kier alpha value is -0.360. The molecule has 0 N–H and O–H groups in total. The van der Waals surface area contributed by atoms with Crippen LogP contribution in [0.25, 0.3) is 0 Å². The van der Waals surface area contributed by atoms with Crippen LogP contribution in [0.4, 0.5) is 0 Å². The van der Waals surface area contributed by atoms with E-state index in [0.29, 0.717) is 0 Å². The zero-order chi connectivity index (χ0) is 5.58. The van der Waals surface area contributed by atoms with Gasteiger partial charge < -0.3 is 0 Å². The Bertz CT molecular complexity index is 55.1. The predicted molar refractivity (Wildman–Crippen MR) is 26.7 cm³/mol. The van der Waals surface area contributed by atoms with Crippen molar-refractivity contribution in [1.29, 1.82) is 5.26 Å². The van der Waals surface area contributed by atoms with Crippen LogP contribution in [0.1, 0.15) is 0 Å². The third-order valence-electron chi connectivity index (χ3n) is 0. The maximum atomic E-state index is 9.56. The summed E-state index contributed by atoms with van der Waals surface area (Å²) in [6.07, 6.45) is 3.28. The van der Waals surface area contributed by atoms with Crippen molar-refractivity contribution in [3.8, 4) is 6.57 Å². The van der Waals surface area contributed by atoms with Crippen molar-refractivity contribution in [3.63, 3.8) is 0 Å². The average molecular weight is 105 g/mol. The molecule has 0 aliphatic carbocycles. The summed E-state index contributed by atoms with van der Waals surface area (Å²) < 4.78 is 9.56. The molecule has 0 spiro atoms. The molecule has 0 fully saturated rings. The largest absolute Gasteiger partial charge is 0.260 e. The van der Waals surface area contributed by atoms with Crippen molar-refractivity contribution in [1.82, 2.24) is 0 Å². The van der Waals surface area contributed by atoms with Crippen LogP contribution in [0, 0.1) is 11.8 Å². The fourth-order valence-electron chi connectivity index (χ4n) is 0. The Balaban J connectivity index is 0. The third-order valence-corrected chi connectivity index (χ3v) is 0. The first-order valence-electron chi connectivity index (χ1n) is 1.24. The van der Waals surface area contributed by atoms with Crippen LogP contribution in [0.5, 0.6) is 0 Å². The number of nitrogens with zero attached hydrogens (tertiary/aromatic N) is 1. The Kier molecular flexibility index (Phi) is 13.5. The molecule has 3 heteroatoms. The molecular weight excluding hydrogens is 98.1 g/mol. The minimum absolute atomic E-state index is 0.611. The lowest BCUT2D eigenvalue weighted by atomic mass is 11.9. The van der Waals surface area contributed by atoms with Crippen LogP contribution in [0.15, 0.2) is 0 Å². The molecule has 0 saturated heterocycles. The molecule has 36 valence electrons. The lowest BCUT2D eigenvalue weighted by Gasteiger charge is -1.60. The Morgan fingerprint density at radius 3 is 1.50 bits per heavy atom. The van der Waals surface area contributed by atoms with Gasteiger partial charge in [0.15, 0.2) is 0 Å². The monoisotopic (exact) mass is 105 g/mol. The zero-order valence-electron chi connectivity index (χ0n) is 3.84. The summed E-state index contributed by atoms with van der Waals surface area (Å²) in [5.74, 6) is 0. The molecule has 0 aromatic rings. The fraction of sp³-hybridized carbons (Fsp3) is 0.667. The Morgan fingerprint density at radius 2 is 1.50 bits per heavy atom. The molecule has 0 atom stereocenters. The second-order valence-corrected chi connectivity index (χ2v) is 2.22. The Labute approximate surface area is 40.2 Å². The molecule has 0 amide bonds. The van der Waals surface area contributed by atoms with Crippen molar-refractivity contribution in [2.24, 2.45) is 0 Å². The Morgan fingerprint density at radius 1 is 1.50 bits per heavy atom. The van der Waals surface area contributed by atoms with Gasteiger partial charge in [0.05, 0.1) is 0 Å². The van der Waals surface area contributed by atoms with E-state index in [1.54, 1.807) is 12.5 Å². The highest BCUT2D eigenvalue weighted by atomic mass is 32.2. The van der Waals surface area contributed by atoms with E-state index >= 15 is 0 Å². The van der Waals surface area contributed by atoms with Crippen LogP contribution >= 0.6 is 0 Å². The molecule has 0 aromatic heterocycles. The molecule has 0 bridgehead atoms. The van der Waals surface area contributed by atoms with Gasteiger partial charge in [0.2, 0.25) is 0 Å². The van der Waals surface area contributed by atoms with Crippen LogP contribution in [0.3, 0.4) is 0 Å². The third kappa shape index (κ3) is 196. The maximum absolute atomic E-state index is 9.56. The smallest absolute Gasteiger partial charge is 0.0462 e. The van der Waals surface area contributed by atoms with Gasteiger partial charge in [0, 0.05) is 29.9 Å². The highest BCUT2D eigenvalue weighted by molar-refractivity contribution is 7.83. The van der Waals surface area contributed by atoms with E-state index < -0.39 is 10.8 Å². The molecule has 0 unspecified atom stereocenters. The molecule has 6 heavy (non-hydrogen) atoms. The van der Waals surface area contributed by atoms with Crippen molar-refractivity contribution >= 4 is 10.8 Å². The molecule has 2 nitrogen and oxygen atoms in total. The second kappa shape index (κ2) is 8.82. The summed E-state index contributed by atoms with van der Waals surface area (Å²) in [7, 11) is -0.611. The maximum Gasteiger partial charge on any atom is 0.0462 e. The van der Waals surface area contributed by atoms with Gasteiger partial charge in [-0.2, -0.15) is 0 Å². The molecule has 0 heterocycles. The summed E-state index contributed by atoms with van der Waals surface area (Å²) in [4.78, 5) is 0. The first-order chi connectivity index (χ1) is 2.73. The highest BCUT2D eigenvalue weighted by Gasteiger charge is 1.57. The summed E-state index contributed by atoms with van der Waals surface area (Å²) in [6, 6.07) is 0. The molecule has 0 aliphatic heterocycles. The topological polar surface area (TPSA) is 40.9 Å². The molecule has 0 aromatic carbocycles. The minimum Gasteiger partial charge on any atom is -0.260 e. The zero-order valence-corrected chi connectivity index (χ0v) is 4.66. The van der Waals surface area contributed by atoms with Crippen molar-refractivity contribution in [2.75, 3.05) is 12.5 Å². The summed E-state index contributed by atoms with van der Waals surface area (Å²) in [6.45, 7) is 3.50. The van der Waals surface area contributed by atoms with Gasteiger partial charge in [-0.25, -0.2) is 5.26 Å². The van der Waals surface area contributed by atoms with Gasteiger partial charge in [-0.05, 0) is 0 Å². The van der Waals surface area contributed by atoms with Crippen LogP contribution < -0.4 is 0 Å². The number of hydrogen-bond donors (Lipinski definition) is 0. The lowest BCUT2D eigenvalue weighted by molar-refractivity contribution is 0.690. The van der Waals surface area contributed by atoms with Gasteiger partial charge in [-0.3, -0.25) is 4.21 Å².